The second kappa shape index (κ2) is 22.7. The molecule has 65 heavy (non-hydrogen) atoms. The van der Waals surface area contributed by atoms with Crippen molar-refractivity contribution in [1.82, 2.24) is 20.1 Å². The number of pyridine rings is 2. The number of nitrogens with zero attached hydrogens (tertiary/aromatic N) is 4. The number of ether oxygens (including phenoxy) is 6. The van der Waals surface area contributed by atoms with E-state index in [9.17, 15) is 31.5 Å². The average molecular weight is 941 g/mol. The van der Waals surface area contributed by atoms with Gasteiger partial charge in [-0.2, -0.15) is 31.4 Å². The molecule has 4 aromatic rings. The Kier molecular flexibility index (Phi) is 17.4. The Labute approximate surface area is 379 Å². The van der Waals surface area contributed by atoms with Crippen LogP contribution in [0.3, 0.4) is 0 Å². The van der Waals surface area contributed by atoms with Gasteiger partial charge in [0.15, 0.2) is 36.6 Å². The number of methoxy groups -OCH3 is 2. The molecule has 1 N–H and O–H groups in total. The summed E-state index contributed by atoms with van der Waals surface area (Å²) in [4.78, 5) is 13.1. The molecule has 12 nitrogen and oxygen atoms in total. The van der Waals surface area contributed by atoms with Crippen LogP contribution in [0.2, 0.25) is 5.15 Å². The molecule has 0 radical (unpaired) electrons. The molecular formula is C46H55ClF6N4O8. The number of hydroxylamine groups is 4. The van der Waals surface area contributed by atoms with Crippen LogP contribution in [-0.4, -0.2) is 89.5 Å². The maximum atomic E-state index is 12.8. The number of hydrogen-bond donors (Lipinski definition) is 1. The van der Waals surface area contributed by atoms with Gasteiger partial charge in [-0.3, -0.25) is 0 Å². The van der Waals surface area contributed by atoms with Crippen molar-refractivity contribution in [2.75, 3.05) is 27.8 Å². The van der Waals surface area contributed by atoms with Crippen molar-refractivity contribution in [1.29, 1.82) is 0 Å². The first-order valence-corrected chi connectivity index (χ1v) is 21.8. The van der Waals surface area contributed by atoms with Gasteiger partial charge in [-0.15, -0.1) is 5.06 Å². The third-order valence-corrected chi connectivity index (χ3v) is 11.7. The van der Waals surface area contributed by atoms with E-state index in [1.54, 1.807) is 19.3 Å². The molecule has 19 heteroatoms. The topological polar surface area (TPSA) is 117 Å². The van der Waals surface area contributed by atoms with Crippen molar-refractivity contribution in [2.45, 2.75) is 127 Å². The number of hydrogen-bond acceptors (Lipinski definition) is 12. The normalized spacial score (nSPS) is 23.2. The summed E-state index contributed by atoms with van der Waals surface area (Å²) in [6, 6.07) is 16.7. The van der Waals surface area contributed by atoms with Crippen molar-refractivity contribution in [3.8, 4) is 28.9 Å². The lowest BCUT2D eigenvalue weighted by Gasteiger charge is -2.46. The van der Waals surface area contributed by atoms with Crippen molar-refractivity contribution in [3.05, 3.63) is 100 Å². The number of benzene rings is 2. The van der Waals surface area contributed by atoms with Crippen LogP contribution < -0.4 is 23.8 Å². The molecule has 2 unspecified atom stereocenters. The van der Waals surface area contributed by atoms with Crippen molar-refractivity contribution in [3.63, 3.8) is 0 Å². The Bertz CT molecular complexity index is 2070. The minimum atomic E-state index is -4.42. The molecule has 6 heterocycles. The zero-order valence-electron chi connectivity index (χ0n) is 36.6. The largest absolute Gasteiger partial charge is 0.486 e. The number of aromatic nitrogens is 2. The van der Waals surface area contributed by atoms with Crippen LogP contribution in [0.5, 0.6) is 28.9 Å². The zero-order chi connectivity index (χ0) is 46.7. The van der Waals surface area contributed by atoms with E-state index in [4.69, 9.17) is 44.9 Å². The Morgan fingerprint density at radius 1 is 0.615 bits per heavy atom. The number of aryl methyl sites for hydroxylation is 2. The van der Waals surface area contributed by atoms with Crippen LogP contribution >= 0.6 is 11.6 Å². The standard InChI is InChI=1S/C23H27F3N2O4.C17H25NO4.C6H3ClF3N/c1-15-6-8-20(21(10-15)30-14-29-2)31-19-11-17-4-3-5-18(12-19)28(17)32-22-9-7-16(13-27-22)23(24,25)26;1-12-6-7-16(17(8-12)21-11-20-2)22-15-9-13-4-3-5-14(10-15)18(13)19;7-5-2-1-4(3-11-5)6(8,9)10/h6-10,13,17-19H,3-5,11-12,14H2,1-2H3;6-8,13-15,19H,3-5,9-11H2,1-2H3;1-3H/t17-,18+,19?;13-,14+,15?;. The number of fused-ring (bicyclic) bond motifs is 4. The third-order valence-electron chi connectivity index (χ3n) is 11.5. The van der Waals surface area contributed by atoms with Crippen LogP contribution in [0.1, 0.15) is 86.5 Å². The summed E-state index contributed by atoms with van der Waals surface area (Å²) < 4.78 is 108. The minimum absolute atomic E-state index is 0.0154. The van der Waals surface area contributed by atoms with Crippen LogP contribution in [0, 0.1) is 13.8 Å². The first-order valence-electron chi connectivity index (χ1n) is 21.4. The fraction of sp³-hybridized carbons (Fsp3) is 0.522. The van der Waals surface area contributed by atoms with E-state index in [-0.39, 0.29) is 61.0 Å². The fourth-order valence-corrected chi connectivity index (χ4v) is 8.56. The molecule has 4 fully saturated rings. The maximum Gasteiger partial charge on any atom is 0.417 e. The number of rotatable bonds is 12. The number of halogens is 7. The molecule has 356 valence electrons. The SMILES string of the molecule is COCOc1cc(C)ccc1OC1C[C@H]2CCC[C@@H](C1)N2O.COCOc1cc(C)ccc1OC1C[C@H]2CCC[C@@H](C1)N2Oc1ccc(C(F)(F)F)cn1.FC(F)(F)c1ccc(Cl)nc1. The minimum Gasteiger partial charge on any atom is -0.486 e. The smallest absolute Gasteiger partial charge is 0.417 e. The first kappa shape index (κ1) is 49.8. The van der Waals surface area contributed by atoms with Gasteiger partial charge < -0.3 is 38.5 Å². The molecule has 8 rings (SSSR count). The molecule has 0 spiro atoms. The Morgan fingerprint density at radius 3 is 1.48 bits per heavy atom. The Balaban J connectivity index is 0.000000182. The van der Waals surface area contributed by atoms with Gasteiger partial charge in [0.2, 0.25) is 5.88 Å². The summed E-state index contributed by atoms with van der Waals surface area (Å²) in [6.07, 6.45) is 2.32. The van der Waals surface area contributed by atoms with E-state index < -0.39 is 23.5 Å². The summed E-state index contributed by atoms with van der Waals surface area (Å²) in [7, 11) is 3.17. The molecule has 4 aliphatic rings. The lowest BCUT2D eigenvalue weighted by atomic mass is 9.84. The van der Waals surface area contributed by atoms with E-state index in [0.29, 0.717) is 17.7 Å². The molecule has 0 saturated carbocycles. The van der Waals surface area contributed by atoms with Gasteiger partial charge in [0.05, 0.1) is 11.1 Å². The van der Waals surface area contributed by atoms with Crippen LogP contribution in [0.4, 0.5) is 26.3 Å². The van der Waals surface area contributed by atoms with E-state index in [0.717, 1.165) is 105 Å². The summed E-state index contributed by atoms with van der Waals surface area (Å²) in [5, 5.41) is 13.6. The van der Waals surface area contributed by atoms with Gasteiger partial charge in [0.25, 0.3) is 0 Å². The highest BCUT2D eigenvalue weighted by Crippen LogP contribution is 2.40. The van der Waals surface area contributed by atoms with Gasteiger partial charge in [0, 0.05) is 82.5 Å². The van der Waals surface area contributed by atoms with Gasteiger partial charge in [-0.05, 0) is 93.1 Å². The molecular weight excluding hydrogens is 886 g/mol. The predicted molar refractivity (Wildman–Crippen MR) is 227 cm³/mol. The molecule has 4 saturated heterocycles. The van der Waals surface area contributed by atoms with Crippen LogP contribution in [-0.2, 0) is 21.8 Å². The van der Waals surface area contributed by atoms with Crippen molar-refractivity contribution >= 4 is 11.6 Å². The number of alkyl halides is 6. The quantitative estimate of drug-likeness (QED) is 0.0828. The second-order valence-electron chi connectivity index (χ2n) is 16.5. The summed E-state index contributed by atoms with van der Waals surface area (Å²) >= 11 is 5.28. The zero-order valence-corrected chi connectivity index (χ0v) is 37.4. The molecule has 6 atom stereocenters. The van der Waals surface area contributed by atoms with E-state index in [1.807, 2.05) is 55.3 Å². The molecule has 2 aromatic carbocycles. The molecule has 2 aromatic heterocycles. The van der Waals surface area contributed by atoms with E-state index in [1.165, 1.54) is 12.5 Å². The van der Waals surface area contributed by atoms with E-state index in [2.05, 4.69) is 9.97 Å². The summed E-state index contributed by atoms with van der Waals surface area (Å²) in [6.45, 7) is 4.36. The highest BCUT2D eigenvalue weighted by atomic mass is 35.5. The van der Waals surface area contributed by atoms with Crippen molar-refractivity contribution < 1.29 is 64.8 Å². The fourth-order valence-electron chi connectivity index (χ4n) is 8.44. The molecule has 0 aliphatic carbocycles. The highest BCUT2D eigenvalue weighted by Gasteiger charge is 2.42. The Morgan fingerprint density at radius 2 is 1.06 bits per heavy atom. The molecule has 4 aliphatic heterocycles. The lowest BCUT2D eigenvalue weighted by molar-refractivity contribution is -0.207. The van der Waals surface area contributed by atoms with Gasteiger partial charge in [-0.1, -0.05) is 36.6 Å². The monoisotopic (exact) mass is 940 g/mol. The summed E-state index contributed by atoms with van der Waals surface area (Å²) in [5.41, 5.74) is 0.608. The van der Waals surface area contributed by atoms with Gasteiger partial charge in [0.1, 0.15) is 17.4 Å². The predicted octanol–water partition coefficient (Wildman–Crippen LogP) is 11.0. The van der Waals surface area contributed by atoms with Crippen molar-refractivity contribution in [2.24, 2.45) is 0 Å². The third kappa shape index (κ3) is 14.2. The average Bonchev–Trinajstić information content (AvgIpc) is 3.24. The van der Waals surface area contributed by atoms with E-state index >= 15 is 0 Å². The second-order valence-corrected chi connectivity index (χ2v) is 16.9. The number of piperidine rings is 4. The molecule has 4 bridgehead atoms. The Hall–Kier alpha value is -4.59. The first-order chi connectivity index (χ1) is 31.0. The van der Waals surface area contributed by atoms with Gasteiger partial charge >= 0.3 is 12.4 Å². The lowest BCUT2D eigenvalue weighted by Crippen LogP contribution is -2.55. The van der Waals surface area contributed by atoms with Crippen LogP contribution in [0.25, 0.3) is 0 Å². The van der Waals surface area contributed by atoms with Gasteiger partial charge in [-0.25, -0.2) is 9.97 Å². The maximum absolute atomic E-state index is 12.8. The van der Waals surface area contributed by atoms with Crippen LogP contribution in [0.15, 0.2) is 73.1 Å². The summed E-state index contributed by atoms with van der Waals surface area (Å²) in [5.74, 6) is 2.97. The highest BCUT2D eigenvalue weighted by molar-refractivity contribution is 6.29. The molecule has 0 amide bonds.